The van der Waals surface area contributed by atoms with E-state index in [0.29, 0.717) is 28.1 Å². The predicted octanol–water partition coefficient (Wildman–Crippen LogP) is 4.30. The first kappa shape index (κ1) is 14.3. The molecule has 4 aromatic rings. The van der Waals surface area contributed by atoms with Crippen LogP contribution in [0.5, 0.6) is 5.75 Å². The molecule has 5 heteroatoms. The first-order valence-electron chi connectivity index (χ1n) is 7.37. The molecule has 0 amide bonds. The summed E-state index contributed by atoms with van der Waals surface area (Å²) in [4.78, 5) is 16.8. The highest BCUT2D eigenvalue weighted by atomic mass is 16.5. The van der Waals surface area contributed by atoms with Crippen LogP contribution in [0.15, 0.2) is 73.4 Å². The van der Waals surface area contributed by atoms with Crippen molar-refractivity contribution in [1.29, 1.82) is 0 Å². The highest BCUT2D eigenvalue weighted by Gasteiger charge is 2.15. The van der Waals surface area contributed by atoms with Crippen molar-refractivity contribution in [2.24, 2.45) is 4.99 Å². The van der Waals surface area contributed by atoms with Gasteiger partial charge in [-0.3, -0.25) is 9.79 Å². The lowest BCUT2D eigenvalue weighted by molar-refractivity contribution is 0.423. The maximum Gasteiger partial charge on any atom is 0.197 e. The Balaban J connectivity index is 1.89. The average Bonchev–Trinajstić information content (AvgIpc) is 3.07. The molecule has 5 nitrogen and oxygen atoms in total. The van der Waals surface area contributed by atoms with Crippen molar-refractivity contribution in [1.82, 2.24) is 0 Å². The van der Waals surface area contributed by atoms with Crippen LogP contribution in [0.4, 0.5) is 5.69 Å². The highest BCUT2D eigenvalue weighted by Crippen LogP contribution is 2.33. The second-order valence-electron chi connectivity index (χ2n) is 5.22. The molecule has 0 aliphatic heterocycles. The number of benzene rings is 2. The van der Waals surface area contributed by atoms with Crippen LogP contribution in [0.2, 0.25) is 0 Å². The molecule has 0 aliphatic carbocycles. The fourth-order valence-corrected chi connectivity index (χ4v) is 2.66. The normalized spacial score (nSPS) is 11.5. The van der Waals surface area contributed by atoms with E-state index < -0.39 is 0 Å². The van der Waals surface area contributed by atoms with Gasteiger partial charge in [-0.2, -0.15) is 0 Å². The van der Waals surface area contributed by atoms with Crippen LogP contribution in [0, 0.1) is 0 Å². The SMILES string of the molecule is COc1c2ccoc2cc2oc(C=Nc3ccccc3)cc(=O)c12. The molecule has 0 atom stereocenters. The Morgan fingerprint density at radius 2 is 1.92 bits per heavy atom. The van der Waals surface area contributed by atoms with E-state index in [2.05, 4.69) is 4.99 Å². The van der Waals surface area contributed by atoms with Crippen LogP contribution in [0.3, 0.4) is 0 Å². The molecule has 0 aliphatic rings. The summed E-state index contributed by atoms with van der Waals surface area (Å²) < 4.78 is 16.6. The number of rotatable bonds is 3. The minimum Gasteiger partial charge on any atom is -0.495 e. The smallest absolute Gasteiger partial charge is 0.197 e. The Bertz CT molecular complexity index is 1110. The third-order valence-electron chi connectivity index (χ3n) is 3.72. The third kappa shape index (κ3) is 2.36. The van der Waals surface area contributed by atoms with Gasteiger partial charge < -0.3 is 13.6 Å². The van der Waals surface area contributed by atoms with Crippen LogP contribution in [-0.4, -0.2) is 13.3 Å². The Kier molecular flexibility index (Phi) is 3.39. The summed E-state index contributed by atoms with van der Waals surface area (Å²) in [5, 5.41) is 1.13. The first-order valence-corrected chi connectivity index (χ1v) is 7.37. The molecule has 0 N–H and O–H groups in total. The second kappa shape index (κ2) is 5.70. The van der Waals surface area contributed by atoms with Crippen molar-refractivity contribution in [3.63, 3.8) is 0 Å². The zero-order valence-corrected chi connectivity index (χ0v) is 12.9. The van der Waals surface area contributed by atoms with Crippen molar-refractivity contribution >= 4 is 33.8 Å². The fraction of sp³-hybridized carbons (Fsp3) is 0.0526. The van der Waals surface area contributed by atoms with Gasteiger partial charge in [0.1, 0.15) is 28.1 Å². The van der Waals surface area contributed by atoms with Crippen molar-refractivity contribution in [2.45, 2.75) is 0 Å². The van der Waals surface area contributed by atoms with E-state index in [1.54, 1.807) is 18.4 Å². The summed E-state index contributed by atoms with van der Waals surface area (Å²) in [6, 6.07) is 14.3. The number of ether oxygens (including phenoxy) is 1. The summed E-state index contributed by atoms with van der Waals surface area (Å²) in [6.07, 6.45) is 3.07. The maximum atomic E-state index is 12.5. The van der Waals surface area contributed by atoms with Crippen LogP contribution >= 0.6 is 0 Å². The zero-order valence-electron chi connectivity index (χ0n) is 12.9. The molecular weight excluding hydrogens is 306 g/mol. The predicted molar refractivity (Wildman–Crippen MR) is 92.5 cm³/mol. The van der Waals surface area contributed by atoms with Gasteiger partial charge >= 0.3 is 0 Å². The fourth-order valence-electron chi connectivity index (χ4n) is 2.66. The van der Waals surface area contributed by atoms with Gasteiger partial charge in [-0.15, -0.1) is 0 Å². The maximum absolute atomic E-state index is 12.5. The summed E-state index contributed by atoms with van der Waals surface area (Å²) in [7, 11) is 1.52. The Labute approximate surface area is 136 Å². The Morgan fingerprint density at radius 1 is 1.08 bits per heavy atom. The Hall–Kier alpha value is -3.34. The number of para-hydroxylation sites is 1. The van der Waals surface area contributed by atoms with Gasteiger partial charge in [0.05, 0.1) is 30.7 Å². The number of hydrogen-bond acceptors (Lipinski definition) is 5. The molecule has 0 radical (unpaired) electrons. The van der Waals surface area contributed by atoms with Gasteiger partial charge in [0.25, 0.3) is 0 Å². The van der Waals surface area contributed by atoms with Gasteiger partial charge in [0.15, 0.2) is 5.43 Å². The van der Waals surface area contributed by atoms with Crippen LogP contribution in [0.1, 0.15) is 5.76 Å². The molecule has 4 rings (SSSR count). The molecule has 2 aromatic carbocycles. The van der Waals surface area contributed by atoms with Gasteiger partial charge in [0.2, 0.25) is 0 Å². The molecule has 0 saturated carbocycles. The van der Waals surface area contributed by atoms with Crippen molar-refractivity contribution in [2.75, 3.05) is 7.11 Å². The lowest BCUT2D eigenvalue weighted by Gasteiger charge is -2.06. The third-order valence-corrected chi connectivity index (χ3v) is 3.72. The van der Waals surface area contributed by atoms with Gasteiger partial charge in [0, 0.05) is 12.1 Å². The van der Waals surface area contributed by atoms with E-state index in [0.717, 1.165) is 11.1 Å². The topological polar surface area (TPSA) is 64.9 Å². The van der Waals surface area contributed by atoms with Gasteiger partial charge in [-0.05, 0) is 18.2 Å². The number of furan rings is 1. The molecule has 2 aromatic heterocycles. The summed E-state index contributed by atoms with van der Waals surface area (Å²) in [6.45, 7) is 0. The van der Waals surface area contributed by atoms with E-state index in [-0.39, 0.29) is 5.43 Å². The van der Waals surface area contributed by atoms with Gasteiger partial charge in [-0.1, -0.05) is 18.2 Å². The monoisotopic (exact) mass is 319 g/mol. The van der Waals surface area contributed by atoms with E-state index >= 15 is 0 Å². The number of hydrogen-bond donors (Lipinski definition) is 0. The minimum atomic E-state index is -0.189. The summed E-state index contributed by atoms with van der Waals surface area (Å²) in [5.74, 6) is 0.820. The molecule has 24 heavy (non-hydrogen) atoms. The van der Waals surface area contributed by atoms with Crippen LogP contribution < -0.4 is 10.2 Å². The largest absolute Gasteiger partial charge is 0.495 e. The minimum absolute atomic E-state index is 0.189. The first-order chi connectivity index (χ1) is 11.8. The second-order valence-corrected chi connectivity index (χ2v) is 5.22. The van der Waals surface area contributed by atoms with Gasteiger partial charge in [-0.25, -0.2) is 0 Å². The molecule has 2 heterocycles. The molecule has 0 bridgehead atoms. The molecule has 0 saturated heterocycles. The highest BCUT2D eigenvalue weighted by molar-refractivity contribution is 6.01. The molecule has 0 fully saturated rings. The lowest BCUT2D eigenvalue weighted by Crippen LogP contribution is -2.04. The number of aliphatic imine (C=N–C) groups is 1. The van der Waals surface area contributed by atoms with Crippen molar-refractivity contribution in [3.05, 3.63) is 70.8 Å². The van der Waals surface area contributed by atoms with Crippen molar-refractivity contribution in [3.8, 4) is 5.75 Å². The quantitative estimate of drug-likeness (QED) is 0.528. The summed E-state index contributed by atoms with van der Waals surface area (Å²) >= 11 is 0. The van der Waals surface area contributed by atoms with Crippen LogP contribution in [-0.2, 0) is 0 Å². The number of nitrogens with zero attached hydrogens (tertiary/aromatic N) is 1. The lowest BCUT2D eigenvalue weighted by atomic mass is 10.1. The standard InChI is InChI=1S/C19H13NO4/c1-22-19-14-7-8-23-16(14)10-17-18(19)15(21)9-13(24-17)11-20-12-5-3-2-4-6-12/h2-11H,1H3. The molecular formula is C19H13NO4. The van der Waals surface area contributed by atoms with E-state index in [9.17, 15) is 4.79 Å². The van der Waals surface area contributed by atoms with E-state index in [1.807, 2.05) is 30.3 Å². The van der Waals surface area contributed by atoms with E-state index in [4.69, 9.17) is 13.6 Å². The Morgan fingerprint density at radius 3 is 2.71 bits per heavy atom. The average molecular weight is 319 g/mol. The molecule has 0 unspecified atom stereocenters. The van der Waals surface area contributed by atoms with Crippen molar-refractivity contribution < 1.29 is 13.6 Å². The number of methoxy groups -OCH3 is 1. The molecule has 118 valence electrons. The zero-order chi connectivity index (χ0) is 16.5. The number of fused-ring (bicyclic) bond motifs is 2. The van der Waals surface area contributed by atoms with E-state index in [1.165, 1.54) is 19.4 Å². The van der Waals surface area contributed by atoms with Crippen LogP contribution in [0.25, 0.3) is 21.9 Å². The summed E-state index contributed by atoms with van der Waals surface area (Å²) in [5.41, 5.74) is 1.58. The molecule has 0 spiro atoms.